The standard InChI is InChI=1S/C19H20N4O3/c24-17-13-5-1-2-8-15(13)26-19(20-17)9-4-10-23(11-19)18(25)16-12-6-3-7-14(12)21-22-16/h1-2,5,8H,3-4,6-7,9-11H2,(H,20,24)(H,21,22). The fourth-order valence-electron chi connectivity index (χ4n) is 4.28. The van der Waals surface area contributed by atoms with E-state index in [0.717, 1.165) is 36.9 Å². The van der Waals surface area contributed by atoms with Crippen LogP contribution in [0.5, 0.6) is 5.75 Å². The molecule has 1 atom stereocenters. The zero-order valence-electron chi connectivity index (χ0n) is 14.4. The Hall–Kier alpha value is -2.83. The summed E-state index contributed by atoms with van der Waals surface area (Å²) in [6, 6.07) is 7.21. The zero-order chi connectivity index (χ0) is 17.7. The maximum absolute atomic E-state index is 13.0. The molecule has 7 heteroatoms. The van der Waals surface area contributed by atoms with Crippen LogP contribution >= 0.6 is 0 Å². The van der Waals surface area contributed by atoms with E-state index in [1.165, 1.54) is 0 Å². The largest absolute Gasteiger partial charge is 0.465 e. The average molecular weight is 352 g/mol. The number of fused-ring (bicyclic) bond motifs is 2. The number of aromatic amines is 1. The maximum Gasteiger partial charge on any atom is 0.274 e. The molecule has 2 N–H and O–H groups in total. The molecule has 3 aliphatic rings. The Labute approximate surface area is 150 Å². The van der Waals surface area contributed by atoms with Gasteiger partial charge in [-0.05, 0) is 37.8 Å². The molecule has 1 fully saturated rings. The summed E-state index contributed by atoms with van der Waals surface area (Å²) in [5.74, 6) is 0.341. The van der Waals surface area contributed by atoms with Crippen LogP contribution in [0.4, 0.5) is 0 Å². The molecule has 0 bridgehead atoms. The monoisotopic (exact) mass is 352 g/mol. The first kappa shape index (κ1) is 15.4. The summed E-state index contributed by atoms with van der Waals surface area (Å²) in [7, 11) is 0. The van der Waals surface area contributed by atoms with Gasteiger partial charge in [0.05, 0.1) is 12.1 Å². The molecule has 0 radical (unpaired) electrons. The fraction of sp³-hybridized carbons (Fsp3) is 0.421. The SMILES string of the molecule is O=C1NC2(CCCN(C(=O)c3n[nH]c4c3CCC4)C2)Oc2ccccc21. The van der Waals surface area contributed by atoms with Gasteiger partial charge in [-0.1, -0.05) is 12.1 Å². The third-order valence-electron chi connectivity index (χ3n) is 5.53. The first-order chi connectivity index (χ1) is 12.7. The second-order valence-electron chi connectivity index (χ2n) is 7.26. The number of benzene rings is 1. The van der Waals surface area contributed by atoms with Crippen molar-refractivity contribution in [2.75, 3.05) is 13.1 Å². The van der Waals surface area contributed by atoms with E-state index in [-0.39, 0.29) is 11.8 Å². The van der Waals surface area contributed by atoms with Crippen molar-refractivity contribution in [1.29, 1.82) is 0 Å². The number of piperidine rings is 1. The number of likely N-dealkylation sites (tertiary alicyclic amines) is 1. The number of amides is 2. The minimum atomic E-state index is -0.862. The topological polar surface area (TPSA) is 87.3 Å². The van der Waals surface area contributed by atoms with Gasteiger partial charge in [0, 0.05) is 24.2 Å². The molecule has 1 unspecified atom stereocenters. The summed E-state index contributed by atoms with van der Waals surface area (Å²) < 4.78 is 6.17. The number of aromatic nitrogens is 2. The Bertz CT molecular complexity index is 906. The third kappa shape index (κ3) is 2.30. The molecule has 5 rings (SSSR count). The number of hydrogen-bond acceptors (Lipinski definition) is 4. The van der Waals surface area contributed by atoms with Gasteiger partial charge in [0.15, 0.2) is 5.69 Å². The number of ether oxygens (including phenoxy) is 1. The molecule has 3 heterocycles. The Morgan fingerprint density at radius 2 is 2.12 bits per heavy atom. The highest BCUT2D eigenvalue weighted by atomic mass is 16.5. The van der Waals surface area contributed by atoms with E-state index >= 15 is 0 Å². The predicted octanol–water partition coefficient (Wildman–Crippen LogP) is 1.65. The van der Waals surface area contributed by atoms with E-state index in [1.54, 1.807) is 17.0 Å². The number of H-pyrrole nitrogens is 1. The Morgan fingerprint density at radius 3 is 3.04 bits per heavy atom. The zero-order valence-corrected chi connectivity index (χ0v) is 14.4. The Balaban J connectivity index is 1.42. The van der Waals surface area contributed by atoms with Gasteiger partial charge in [-0.25, -0.2) is 0 Å². The van der Waals surface area contributed by atoms with Gasteiger partial charge in [0.1, 0.15) is 5.75 Å². The Kier molecular flexibility index (Phi) is 3.32. The van der Waals surface area contributed by atoms with Crippen molar-refractivity contribution in [2.45, 2.75) is 37.8 Å². The molecule has 7 nitrogen and oxygen atoms in total. The van der Waals surface area contributed by atoms with Crippen molar-refractivity contribution in [2.24, 2.45) is 0 Å². The van der Waals surface area contributed by atoms with Crippen molar-refractivity contribution in [1.82, 2.24) is 20.4 Å². The van der Waals surface area contributed by atoms with Crippen LogP contribution in [-0.4, -0.2) is 45.7 Å². The van der Waals surface area contributed by atoms with Crippen LogP contribution < -0.4 is 10.1 Å². The molecular formula is C19H20N4O3. The van der Waals surface area contributed by atoms with Crippen LogP contribution in [0, 0.1) is 0 Å². The third-order valence-corrected chi connectivity index (χ3v) is 5.53. The molecule has 2 aliphatic heterocycles. The molecule has 1 aliphatic carbocycles. The average Bonchev–Trinajstić information content (AvgIpc) is 3.25. The minimum absolute atomic E-state index is 0.0832. The summed E-state index contributed by atoms with van der Waals surface area (Å²) in [5.41, 5.74) is 2.33. The molecule has 134 valence electrons. The number of carbonyl (C=O) groups excluding carboxylic acids is 2. The number of rotatable bonds is 1. The van der Waals surface area contributed by atoms with E-state index in [4.69, 9.17) is 4.74 Å². The quantitative estimate of drug-likeness (QED) is 0.817. The van der Waals surface area contributed by atoms with Crippen molar-refractivity contribution in [3.63, 3.8) is 0 Å². The number of nitrogens with one attached hydrogen (secondary N) is 2. The van der Waals surface area contributed by atoms with Crippen LogP contribution in [0.15, 0.2) is 24.3 Å². The molecule has 1 aromatic carbocycles. The fourth-order valence-corrected chi connectivity index (χ4v) is 4.28. The smallest absolute Gasteiger partial charge is 0.274 e. The molecule has 1 spiro atoms. The van der Waals surface area contributed by atoms with Crippen LogP contribution in [-0.2, 0) is 12.8 Å². The summed E-state index contributed by atoms with van der Waals surface area (Å²) in [4.78, 5) is 27.3. The molecule has 2 aromatic rings. The van der Waals surface area contributed by atoms with Crippen LogP contribution in [0.1, 0.15) is 51.4 Å². The predicted molar refractivity (Wildman–Crippen MR) is 93.0 cm³/mol. The van der Waals surface area contributed by atoms with Crippen molar-refractivity contribution < 1.29 is 14.3 Å². The van der Waals surface area contributed by atoms with Crippen LogP contribution in [0.3, 0.4) is 0 Å². The second kappa shape index (κ2) is 5.59. The maximum atomic E-state index is 13.0. The van der Waals surface area contributed by atoms with Crippen molar-refractivity contribution >= 4 is 11.8 Å². The molecule has 2 amide bonds. The molecule has 1 aromatic heterocycles. The summed E-state index contributed by atoms with van der Waals surface area (Å²) in [6.45, 7) is 0.969. The van der Waals surface area contributed by atoms with Gasteiger partial charge < -0.3 is 15.0 Å². The van der Waals surface area contributed by atoms with Crippen molar-refractivity contribution in [3.8, 4) is 5.75 Å². The first-order valence-corrected chi connectivity index (χ1v) is 9.11. The Morgan fingerprint density at radius 1 is 1.23 bits per heavy atom. The minimum Gasteiger partial charge on any atom is -0.465 e. The van der Waals surface area contributed by atoms with Crippen LogP contribution in [0.25, 0.3) is 0 Å². The van der Waals surface area contributed by atoms with Gasteiger partial charge in [-0.2, -0.15) is 5.10 Å². The molecule has 26 heavy (non-hydrogen) atoms. The lowest BCUT2D eigenvalue weighted by Gasteiger charge is -2.45. The normalized spacial score (nSPS) is 24.0. The van der Waals surface area contributed by atoms with E-state index < -0.39 is 5.72 Å². The number of para-hydroxylation sites is 1. The van der Waals surface area contributed by atoms with E-state index in [1.807, 2.05) is 12.1 Å². The second-order valence-corrected chi connectivity index (χ2v) is 7.26. The lowest BCUT2D eigenvalue weighted by molar-refractivity contribution is -0.0315. The van der Waals surface area contributed by atoms with E-state index in [0.29, 0.717) is 36.5 Å². The lowest BCUT2D eigenvalue weighted by Crippen LogP contribution is -2.64. The van der Waals surface area contributed by atoms with Gasteiger partial charge in [-0.15, -0.1) is 0 Å². The lowest BCUT2D eigenvalue weighted by atomic mass is 9.97. The van der Waals surface area contributed by atoms with Gasteiger partial charge in [0.25, 0.3) is 11.8 Å². The number of aryl methyl sites for hydroxylation is 1. The summed E-state index contributed by atoms with van der Waals surface area (Å²) >= 11 is 0. The molecule has 1 saturated heterocycles. The van der Waals surface area contributed by atoms with E-state index in [2.05, 4.69) is 15.5 Å². The highest BCUT2D eigenvalue weighted by molar-refractivity contribution is 5.98. The molecule has 0 saturated carbocycles. The van der Waals surface area contributed by atoms with Gasteiger partial charge in [0.2, 0.25) is 5.72 Å². The van der Waals surface area contributed by atoms with E-state index in [9.17, 15) is 9.59 Å². The van der Waals surface area contributed by atoms with Crippen molar-refractivity contribution in [3.05, 3.63) is 46.8 Å². The number of hydrogen-bond donors (Lipinski definition) is 2. The van der Waals surface area contributed by atoms with Crippen LogP contribution in [0.2, 0.25) is 0 Å². The number of nitrogens with zero attached hydrogens (tertiary/aromatic N) is 2. The highest BCUT2D eigenvalue weighted by Crippen LogP contribution is 2.33. The number of carbonyl (C=O) groups is 2. The highest BCUT2D eigenvalue weighted by Gasteiger charge is 2.45. The molecular weight excluding hydrogens is 332 g/mol. The summed E-state index contributed by atoms with van der Waals surface area (Å²) in [5, 5.41) is 10.2. The first-order valence-electron chi connectivity index (χ1n) is 9.11. The van der Waals surface area contributed by atoms with Gasteiger partial charge >= 0.3 is 0 Å². The van der Waals surface area contributed by atoms with Gasteiger partial charge in [-0.3, -0.25) is 14.7 Å². The summed E-state index contributed by atoms with van der Waals surface area (Å²) in [6.07, 6.45) is 4.35.